The molecule has 1 aliphatic rings. The van der Waals surface area contributed by atoms with E-state index in [9.17, 15) is 28.8 Å². The van der Waals surface area contributed by atoms with Gasteiger partial charge in [-0.2, -0.15) is 0 Å². The van der Waals surface area contributed by atoms with Crippen LogP contribution < -0.4 is 14.2 Å². The molecule has 0 amide bonds. The van der Waals surface area contributed by atoms with Crippen LogP contribution in [0, 0.1) is 16.2 Å². The zero-order valence-corrected chi connectivity index (χ0v) is 59.8. The molecular weight excluding hydrogens is 1190 g/mol. The maximum atomic E-state index is 12.2. The molecular formula is C79H120O15. The van der Waals surface area contributed by atoms with Crippen molar-refractivity contribution in [3.63, 3.8) is 0 Å². The third-order valence-corrected chi connectivity index (χ3v) is 16.8. The first-order chi connectivity index (χ1) is 45.1. The second kappa shape index (κ2) is 49.6. The smallest absolute Gasteiger partial charge is 0.331 e. The van der Waals surface area contributed by atoms with E-state index in [4.69, 9.17) is 42.6 Å². The summed E-state index contributed by atoms with van der Waals surface area (Å²) in [7, 11) is 0. The Balaban J connectivity index is 0.000000482. The van der Waals surface area contributed by atoms with Crippen LogP contribution >= 0.6 is 0 Å². The number of para-hydroxylation sites is 1. The molecule has 0 spiro atoms. The second-order valence-corrected chi connectivity index (χ2v) is 26.1. The van der Waals surface area contributed by atoms with Gasteiger partial charge in [0.2, 0.25) is 0 Å². The molecule has 526 valence electrons. The molecule has 3 aromatic rings. The minimum Gasteiger partial charge on any atom is -0.494 e. The van der Waals surface area contributed by atoms with Crippen molar-refractivity contribution in [3.05, 3.63) is 108 Å². The van der Waals surface area contributed by atoms with Crippen molar-refractivity contribution >= 4 is 54.0 Å². The molecule has 0 N–H and O–H groups in total. The Morgan fingerprint density at radius 3 is 1.28 bits per heavy atom. The topological polar surface area (TPSA) is 185 Å². The number of rotatable bonds is 44. The Hall–Kier alpha value is -6.90. The van der Waals surface area contributed by atoms with E-state index in [1.807, 2.05) is 135 Å². The lowest BCUT2D eigenvalue weighted by Crippen LogP contribution is -2.34. The molecule has 1 saturated carbocycles. The van der Waals surface area contributed by atoms with Crippen LogP contribution in [0.15, 0.2) is 91.0 Å². The summed E-state index contributed by atoms with van der Waals surface area (Å²) < 4.78 is 49.2. The van der Waals surface area contributed by atoms with Crippen molar-refractivity contribution in [2.45, 2.75) is 256 Å². The van der Waals surface area contributed by atoms with Crippen LogP contribution in [-0.4, -0.2) is 94.3 Å². The van der Waals surface area contributed by atoms with Gasteiger partial charge in [-0.3, -0.25) is 14.4 Å². The molecule has 15 nitrogen and oxygen atoms in total. The number of unbranched alkanes of at least 4 members (excludes halogenated alkanes) is 15. The average molecular weight is 1310 g/mol. The fourth-order valence-electron chi connectivity index (χ4n) is 9.08. The van der Waals surface area contributed by atoms with Gasteiger partial charge in [0.05, 0.1) is 36.1 Å². The van der Waals surface area contributed by atoms with E-state index in [0.29, 0.717) is 38.9 Å². The third-order valence-electron chi connectivity index (χ3n) is 16.8. The predicted octanol–water partition coefficient (Wildman–Crippen LogP) is 19.2. The summed E-state index contributed by atoms with van der Waals surface area (Å²) in [6, 6.07) is 23.0. The van der Waals surface area contributed by atoms with Crippen molar-refractivity contribution in [2.24, 2.45) is 16.2 Å². The number of hydrogen-bond acceptors (Lipinski definition) is 15. The molecule has 0 saturated heterocycles. The summed E-state index contributed by atoms with van der Waals surface area (Å²) in [4.78, 5) is 72.0. The molecule has 0 radical (unpaired) electrons. The number of carbonyl (C=O) groups excluding carboxylic acids is 6. The van der Waals surface area contributed by atoms with E-state index in [2.05, 4.69) is 20.8 Å². The van der Waals surface area contributed by atoms with Crippen LogP contribution in [0.3, 0.4) is 0 Å². The summed E-state index contributed by atoms with van der Waals surface area (Å²) in [6.45, 7) is 25.9. The molecule has 1 fully saturated rings. The Bertz CT molecular complexity index is 2660. The standard InChI is InChI=1S/C29H44O5.2C25H38O5/c1-5-7-8-9-10-11-22-32-24-15-12-23(13-16-24)14-21-27(30)33-25-17-19-26(20-18-25)34-28(31)29(3,4)6-2;1-5-7-8-9-10-13-18-28-22-15-12-11-14-21(22)16-17-23(26)29-19-20-30-24(27)25(3,4)6-2;1-5-7-8-9-10-11-17-28-22-14-12-13-21(20-22)15-16-23(26)29-18-19-30-24(27)25(3,4)6-2/h12-16,21,25-26H,5-11,17-20,22H2,1-4H3;11-12,14-17H,5-10,13,18-20H2,1-4H3;12-16,20H,5-11,17-19H2,1-4H3/b21-14+;17-16+;16-15+. The lowest BCUT2D eigenvalue weighted by molar-refractivity contribution is -0.164. The summed E-state index contributed by atoms with van der Waals surface area (Å²) >= 11 is 0. The van der Waals surface area contributed by atoms with E-state index >= 15 is 0 Å². The predicted molar refractivity (Wildman–Crippen MR) is 377 cm³/mol. The van der Waals surface area contributed by atoms with Crippen LogP contribution in [0.4, 0.5) is 0 Å². The van der Waals surface area contributed by atoms with Crippen LogP contribution in [0.25, 0.3) is 18.2 Å². The second-order valence-electron chi connectivity index (χ2n) is 26.1. The van der Waals surface area contributed by atoms with Gasteiger partial charge in [-0.05, 0) is 165 Å². The van der Waals surface area contributed by atoms with Gasteiger partial charge in [0.15, 0.2) is 0 Å². The van der Waals surface area contributed by atoms with Gasteiger partial charge in [0.1, 0.15) is 55.9 Å². The first-order valence-corrected chi connectivity index (χ1v) is 35.4. The molecule has 0 bridgehead atoms. The normalized spacial score (nSPS) is 14.0. The molecule has 0 aliphatic heterocycles. The number of ether oxygens (including phenoxy) is 9. The van der Waals surface area contributed by atoms with E-state index < -0.39 is 28.2 Å². The molecule has 0 atom stereocenters. The van der Waals surface area contributed by atoms with Crippen LogP contribution in [0.1, 0.15) is 260 Å². The summed E-state index contributed by atoms with van der Waals surface area (Å²) in [6.07, 6.45) is 36.3. The Kier molecular flexibility index (Phi) is 43.9. The number of hydrogen-bond donors (Lipinski definition) is 0. The molecule has 94 heavy (non-hydrogen) atoms. The SMILES string of the molecule is CCCCCCCCOc1ccc(/C=C/C(=O)OC2CCC(OC(=O)C(C)(C)CC)CC2)cc1.CCCCCCCCOc1cccc(/C=C/C(=O)OCCOC(=O)C(C)(C)CC)c1.CCCCCCCCOc1ccccc1/C=C/C(=O)OCCOC(=O)C(C)(C)CC. The van der Waals surface area contributed by atoms with Gasteiger partial charge in [-0.15, -0.1) is 0 Å². The van der Waals surface area contributed by atoms with E-state index in [0.717, 1.165) is 79.1 Å². The van der Waals surface area contributed by atoms with Crippen molar-refractivity contribution in [1.82, 2.24) is 0 Å². The van der Waals surface area contributed by atoms with E-state index in [-0.39, 0.29) is 62.5 Å². The highest BCUT2D eigenvalue weighted by Gasteiger charge is 2.32. The monoisotopic (exact) mass is 1310 g/mol. The molecule has 0 unspecified atom stereocenters. The summed E-state index contributed by atoms with van der Waals surface area (Å²) in [5.41, 5.74) is 1.12. The zero-order chi connectivity index (χ0) is 69.3. The fourth-order valence-corrected chi connectivity index (χ4v) is 9.08. The van der Waals surface area contributed by atoms with Crippen molar-refractivity contribution in [1.29, 1.82) is 0 Å². The lowest BCUT2D eigenvalue weighted by Gasteiger charge is -2.30. The van der Waals surface area contributed by atoms with Crippen LogP contribution in [-0.2, 0) is 57.2 Å². The van der Waals surface area contributed by atoms with Gasteiger partial charge in [-0.1, -0.05) is 180 Å². The quantitative estimate of drug-likeness (QED) is 0.0225. The van der Waals surface area contributed by atoms with Gasteiger partial charge in [0, 0.05) is 23.8 Å². The Morgan fingerprint density at radius 2 is 0.777 bits per heavy atom. The first kappa shape index (κ1) is 83.2. The molecule has 1 aliphatic carbocycles. The third kappa shape index (κ3) is 38.5. The van der Waals surface area contributed by atoms with Gasteiger partial charge in [-0.25, -0.2) is 14.4 Å². The largest absolute Gasteiger partial charge is 0.494 e. The average Bonchev–Trinajstić information content (AvgIpc) is 1.69. The number of carbonyl (C=O) groups is 6. The molecule has 4 rings (SSSR count). The highest BCUT2D eigenvalue weighted by molar-refractivity contribution is 5.88. The minimum atomic E-state index is -0.525. The number of esters is 6. The van der Waals surface area contributed by atoms with Gasteiger partial charge >= 0.3 is 35.8 Å². The van der Waals surface area contributed by atoms with Crippen LogP contribution in [0.2, 0.25) is 0 Å². The highest BCUT2D eigenvalue weighted by Crippen LogP contribution is 2.29. The lowest BCUT2D eigenvalue weighted by atomic mass is 9.90. The van der Waals surface area contributed by atoms with E-state index in [1.165, 1.54) is 115 Å². The molecule has 3 aromatic carbocycles. The molecule has 15 heteroatoms. The Morgan fingerprint density at radius 1 is 0.372 bits per heavy atom. The minimum absolute atomic E-state index is 0.0326. The fraction of sp³-hybridized carbons (Fsp3) is 0.620. The van der Waals surface area contributed by atoms with Crippen molar-refractivity contribution < 1.29 is 71.4 Å². The van der Waals surface area contributed by atoms with Gasteiger partial charge in [0.25, 0.3) is 0 Å². The van der Waals surface area contributed by atoms with Crippen LogP contribution in [0.5, 0.6) is 17.2 Å². The summed E-state index contributed by atoms with van der Waals surface area (Å²) in [5.74, 6) is 0.407. The number of benzene rings is 3. The molecule has 0 aromatic heterocycles. The van der Waals surface area contributed by atoms with Gasteiger partial charge < -0.3 is 42.6 Å². The Labute approximate surface area is 566 Å². The van der Waals surface area contributed by atoms with E-state index in [1.54, 1.807) is 18.2 Å². The van der Waals surface area contributed by atoms with Crippen molar-refractivity contribution in [3.8, 4) is 17.2 Å². The zero-order valence-electron chi connectivity index (χ0n) is 59.8. The maximum Gasteiger partial charge on any atom is 0.331 e. The summed E-state index contributed by atoms with van der Waals surface area (Å²) in [5, 5.41) is 0. The van der Waals surface area contributed by atoms with Crippen molar-refractivity contribution in [2.75, 3.05) is 46.2 Å². The molecule has 0 heterocycles. The highest BCUT2D eigenvalue weighted by atomic mass is 16.6. The maximum absolute atomic E-state index is 12.2. The first-order valence-electron chi connectivity index (χ1n) is 35.4.